The van der Waals surface area contributed by atoms with E-state index in [2.05, 4.69) is 177 Å². The fourth-order valence-electron chi connectivity index (χ4n) is 5.84. The van der Waals surface area contributed by atoms with Crippen molar-refractivity contribution in [1.29, 1.82) is 0 Å². The molecule has 0 radical (unpaired) electrons. The van der Waals surface area contributed by atoms with Gasteiger partial charge in [-0.2, -0.15) is 0 Å². The van der Waals surface area contributed by atoms with Gasteiger partial charge in [-0.3, -0.25) is 4.90 Å². The predicted octanol–water partition coefficient (Wildman–Crippen LogP) is 7.39. The largest absolute Gasteiger partial charge is 0.299 e. The Kier molecular flexibility index (Phi) is 8.69. The quantitative estimate of drug-likeness (QED) is 0.168. The Labute approximate surface area is 247 Å². The third kappa shape index (κ3) is 5.91. The molecule has 0 amide bonds. The van der Waals surface area contributed by atoms with E-state index < -0.39 is 15.8 Å². The Morgan fingerprint density at radius 1 is 0.512 bits per heavy atom. The molecule has 1 nitrogen and oxygen atoms in total. The summed E-state index contributed by atoms with van der Waals surface area (Å²) in [6.07, 6.45) is 5.76. The molecule has 0 fully saturated rings. The molecular weight excluding hydrogens is 532 g/mol. The molecule has 0 N–H and O–H groups in total. The van der Waals surface area contributed by atoms with E-state index in [-0.39, 0.29) is 6.04 Å². The number of hydrogen-bond acceptors (Lipinski definition) is 1. The smallest absolute Gasteiger partial charge is 0.0575 e. The van der Waals surface area contributed by atoms with Crippen LogP contribution in [0.4, 0.5) is 0 Å². The summed E-state index contributed by atoms with van der Waals surface area (Å²) in [5.74, 6) is 0. The van der Waals surface area contributed by atoms with Crippen LogP contribution in [0.25, 0.3) is 0 Å². The molecule has 0 saturated heterocycles. The molecule has 1 atom stereocenters. The summed E-state index contributed by atoms with van der Waals surface area (Å²) >= 11 is 0. The van der Waals surface area contributed by atoms with Crippen molar-refractivity contribution in [3.05, 3.63) is 174 Å². The van der Waals surface area contributed by atoms with Gasteiger partial charge in [0.05, 0.1) is 6.04 Å². The van der Waals surface area contributed by atoms with Gasteiger partial charge in [0.1, 0.15) is 0 Å². The average molecular weight is 568 g/mol. The molecule has 6 rings (SSSR count). The Bertz CT molecular complexity index is 1550. The summed E-state index contributed by atoms with van der Waals surface area (Å²) in [7, 11) is 3.08. The zero-order valence-electron chi connectivity index (χ0n) is 23.6. The molecule has 5 aromatic carbocycles. The van der Waals surface area contributed by atoms with Crippen molar-refractivity contribution in [2.45, 2.75) is 12.5 Å². The summed E-state index contributed by atoms with van der Waals surface area (Å²) in [5, 5.41) is 8.47. The molecule has 0 saturated carbocycles. The summed E-state index contributed by atoms with van der Waals surface area (Å²) in [6.45, 7) is 0. The third-order valence-electron chi connectivity index (χ3n) is 7.56. The van der Waals surface area contributed by atoms with Crippen molar-refractivity contribution in [3.63, 3.8) is 0 Å². The first-order valence-electron chi connectivity index (χ1n) is 14.2. The van der Waals surface area contributed by atoms with E-state index in [0.717, 1.165) is 6.42 Å². The molecule has 5 aromatic rings. The first-order chi connectivity index (χ1) is 20.2. The maximum absolute atomic E-state index is 2.42. The minimum atomic E-state index is -0.720. The molecule has 202 valence electrons. The van der Waals surface area contributed by atoms with Crippen LogP contribution < -0.4 is 26.5 Å². The van der Waals surface area contributed by atoms with Gasteiger partial charge < -0.3 is 0 Å². The van der Waals surface area contributed by atoms with Gasteiger partial charge in [0.25, 0.3) is 0 Å². The van der Waals surface area contributed by atoms with Crippen molar-refractivity contribution in [2.24, 2.45) is 0 Å². The Balaban J connectivity index is 1.54. The van der Waals surface area contributed by atoms with Gasteiger partial charge in [-0.05, 0) is 79.3 Å². The van der Waals surface area contributed by atoms with Crippen LogP contribution in [0.5, 0.6) is 0 Å². The lowest BCUT2D eigenvalue weighted by Gasteiger charge is -2.33. The van der Waals surface area contributed by atoms with Crippen molar-refractivity contribution >= 4 is 42.4 Å². The van der Waals surface area contributed by atoms with Crippen LogP contribution in [0.1, 0.15) is 18.0 Å². The first kappa shape index (κ1) is 27.6. The van der Waals surface area contributed by atoms with Gasteiger partial charge in [0.2, 0.25) is 0 Å². The minimum absolute atomic E-state index is 0.172. The lowest BCUT2D eigenvalue weighted by Crippen LogP contribution is -2.30. The molecule has 1 aliphatic carbocycles. The Hall–Kier alpha value is -3.60. The number of rotatable bonds is 9. The average Bonchev–Trinajstić information content (AvgIpc) is 3.49. The SMILES string of the molecule is CN(C)C(C1=C(P(c2ccccc2)c2ccccc2)C=CC1)c1ccccc1P(c1ccccc1)c1ccccc1. The normalized spacial score (nSPS) is 13.9. The molecular formula is C38H35NP2. The topological polar surface area (TPSA) is 3.24 Å². The Morgan fingerprint density at radius 3 is 1.39 bits per heavy atom. The van der Waals surface area contributed by atoms with Crippen LogP contribution >= 0.6 is 15.8 Å². The first-order valence-corrected chi connectivity index (χ1v) is 16.9. The summed E-state index contributed by atoms with van der Waals surface area (Å²) in [4.78, 5) is 2.42. The van der Waals surface area contributed by atoms with Crippen molar-refractivity contribution in [3.8, 4) is 0 Å². The van der Waals surface area contributed by atoms with E-state index in [1.165, 1.54) is 43.0 Å². The van der Waals surface area contributed by atoms with Gasteiger partial charge in [-0.15, -0.1) is 0 Å². The number of nitrogens with zero attached hydrogens (tertiary/aromatic N) is 1. The maximum Gasteiger partial charge on any atom is 0.0575 e. The van der Waals surface area contributed by atoms with E-state index in [9.17, 15) is 0 Å². The second-order valence-corrected chi connectivity index (χ2v) is 14.8. The highest BCUT2D eigenvalue weighted by Gasteiger charge is 2.31. The number of likely N-dealkylation sites (N-methyl/N-ethyl adjacent to an activating group) is 1. The highest BCUT2D eigenvalue weighted by atomic mass is 31.1. The molecule has 1 aliphatic rings. The van der Waals surface area contributed by atoms with Crippen LogP contribution in [-0.2, 0) is 0 Å². The number of allylic oxidation sites excluding steroid dienone is 3. The van der Waals surface area contributed by atoms with Gasteiger partial charge >= 0.3 is 0 Å². The zero-order chi connectivity index (χ0) is 28.0. The standard InChI is InChI=1S/C38H35NP2/c1-39(2)38(35-27-17-29-37(35)41(32-22-11-5-12-23-32)33-24-13-6-14-25-33)34-26-15-16-28-36(34)40(30-18-7-3-8-19-30)31-20-9-4-10-21-31/h3-26,28-29,38H,27H2,1-2H3. The summed E-state index contributed by atoms with van der Waals surface area (Å²) < 4.78 is 0. The van der Waals surface area contributed by atoms with Crippen LogP contribution in [-0.4, -0.2) is 19.0 Å². The molecule has 0 heterocycles. The molecule has 1 unspecified atom stereocenters. The molecule has 0 spiro atoms. The van der Waals surface area contributed by atoms with E-state index in [1.807, 2.05) is 0 Å². The second kappa shape index (κ2) is 12.9. The molecule has 41 heavy (non-hydrogen) atoms. The van der Waals surface area contributed by atoms with Crippen LogP contribution in [0.15, 0.2) is 169 Å². The van der Waals surface area contributed by atoms with Crippen molar-refractivity contribution in [2.75, 3.05) is 14.1 Å². The van der Waals surface area contributed by atoms with Gasteiger partial charge in [-0.25, -0.2) is 0 Å². The summed E-state index contributed by atoms with van der Waals surface area (Å²) in [6, 6.07) is 53.7. The van der Waals surface area contributed by atoms with Gasteiger partial charge in [0.15, 0.2) is 0 Å². The fourth-order valence-corrected chi connectivity index (χ4v) is 10.9. The third-order valence-corrected chi connectivity index (χ3v) is 12.6. The number of benzene rings is 5. The van der Waals surface area contributed by atoms with Crippen LogP contribution in [0.3, 0.4) is 0 Å². The van der Waals surface area contributed by atoms with Crippen molar-refractivity contribution < 1.29 is 0 Å². The van der Waals surface area contributed by atoms with E-state index in [0.29, 0.717) is 0 Å². The summed E-state index contributed by atoms with van der Waals surface area (Å²) in [5.41, 5.74) is 2.92. The lowest BCUT2D eigenvalue weighted by atomic mass is 9.96. The van der Waals surface area contributed by atoms with E-state index in [4.69, 9.17) is 0 Å². The zero-order valence-corrected chi connectivity index (χ0v) is 25.4. The molecule has 0 bridgehead atoms. The highest BCUT2D eigenvalue weighted by Crippen LogP contribution is 2.51. The van der Waals surface area contributed by atoms with E-state index >= 15 is 0 Å². The van der Waals surface area contributed by atoms with Crippen LogP contribution in [0, 0.1) is 0 Å². The Morgan fingerprint density at radius 2 is 0.927 bits per heavy atom. The van der Waals surface area contributed by atoms with Crippen molar-refractivity contribution in [1.82, 2.24) is 4.90 Å². The monoisotopic (exact) mass is 567 g/mol. The highest BCUT2D eigenvalue weighted by molar-refractivity contribution is 7.80. The van der Waals surface area contributed by atoms with E-state index in [1.54, 1.807) is 0 Å². The number of hydrogen-bond donors (Lipinski definition) is 0. The molecule has 0 aromatic heterocycles. The molecule has 3 heteroatoms. The minimum Gasteiger partial charge on any atom is -0.299 e. The fraction of sp³-hybridized carbons (Fsp3) is 0.105. The van der Waals surface area contributed by atoms with Crippen LogP contribution in [0.2, 0.25) is 0 Å². The maximum atomic E-state index is 2.42. The second-order valence-electron chi connectivity index (χ2n) is 10.5. The predicted molar refractivity (Wildman–Crippen MR) is 181 cm³/mol. The van der Waals surface area contributed by atoms with Gasteiger partial charge in [0, 0.05) is 0 Å². The molecule has 0 aliphatic heterocycles. The lowest BCUT2D eigenvalue weighted by molar-refractivity contribution is 0.336. The van der Waals surface area contributed by atoms with Gasteiger partial charge in [-0.1, -0.05) is 158 Å².